The molecule has 7 nitrogen and oxygen atoms in total. The maximum absolute atomic E-state index is 13.0. The number of morpholine rings is 1. The van der Waals surface area contributed by atoms with Crippen LogP contribution in [0.3, 0.4) is 0 Å². The number of rotatable bonds is 7. The molecule has 1 aliphatic rings. The average molecular weight is 401 g/mol. The molecule has 2 aromatic rings. The summed E-state index contributed by atoms with van der Waals surface area (Å²) in [4.78, 5) is 14.8. The minimum atomic E-state index is -0.514. The number of phenols is 1. The van der Waals surface area contributed by atoms with Gasteiger partial charge in [0.15, 0.2) is 11.5 Å². The number of aromatic hydroxyl groups is 1. The van der Waals surface area contributed by atoms with Gasteiger partial charge in [0.05, 0.1) is 33.5 Å². The van der Waals surface area contributed by atoms with Crippen molar-refractivity contribution in [2.75, 3.05) is 34.0 Å². The molecule has 2 unspecified atom stereocenters. The summed E-state index contributed by atoms with van der Waals surface area (Å²) in [5.41, 5.74) is 1.80. The van der Waals surface area contributed by atoms with Gasteiger partial charge < -0.3 is 29.3 Å². The Kier molecular flexibility index (Phi) is 6.95. The molecule has 1 fully saturated rings. The van der Waals surface area contributed by atoms with Crippen LogP contribution in [0, 0.1) is 0 Å². The van der Waals surface area contributed by atoms with Gasteiger partial charge in [0.1, 0.15) is 11.9 Å². The maximum Gasteiger partial charge on any atom is 0.223 e. The Balaban J connectivity index is 1.81. The lowest BCUT2D eigenvalue weighted by molar-refractivity contribution is -0.149. The number of carbonyl (C=O) groups is 1. The Morgan fingerprint density at radius 1 is 1.14 bits per heavy atom. The molecule has 2 N–H and O–H groups in total. The van der Waals surface area contributed by atoms with Gasteiger partial charge in [-0.15, -0.1) is 0 Å². The first-order valence-corrected chi connectivity index (χ1v) is 9.59. The van der Waals surface area contributed by atoms with Crippen LogP contribution in [-0.4, -0.2) is 61.1 Å². The molecule has 0 aliphatic carbocycles. The van der Waals surface area contributed by atoms with E-state index in [0.29, 0.717) is 37.5 Å². The normalized spacial score (nSPS) is 19.1. The molecule has 0 bridgehead atoms. The summed E-state index contributed by atoms with van der Waals surface area (Å²) < 4.78 is 16.4. The van der Waals surface area contributed by atoms with Crippen LogP contribution in [0.15, 0.2) is 42.5 Å². The Morgan fingerprint density at radius 2 is 1.86 bits per heavy atom. The van der Waals surface area contributed by atoms with E-state index in [4.69, 9.17) is 14.2 Å². The van der Waals surface area contributed by atoms with Crippen LogP contribution in [0.2, 0.25) is 0 Å². The third-order valence-corrected chi connectivity index (χ3v) is 5.17. The van der Waals surface area contributed by atoms with Gasteiger partial charge in [0.2, 0.25) is 5.91 Å². The van der Waals surface area contributed by atoms with E-state index in [1.54, 1.807) is 37.3 Å². The zero-order valence-corrected chi connectivity index (χ0v) is 16.7. The van der Waals surface area contributed by atoms with Crippen molar-refractivity contribution in [1.82, 2.24) is 4.90 Å². The highest BCUT2D eigenvalue weighted by Crippen LogP contribution is 2.36. The van der Waals surface area contributed by atoms with E-state index in [9.17, 15) is 15.0 Å². The number of nitrogens with zero attached hydrogens (tertiary/aromatic N) is 1. The number of methoxy groups -OCH3 is 2. The van der Waals surface area contributed by atoms with E-state index in [-0.39, 0.29) is 18.3 Å². The van der Waals surface area contributed by atoms with Crippen molar-refractivity contribution in [3.8, 4) is 17.2 Å². The van der Waals surface area contributed by atoms with Crippen molar-refractivity contribution in [3.63, 3.8) is 0 Å². The highest BCUT2D eigenvalue weighted by atomic mass is 16.5. The van der Waals surface area contributed by atoms with Crippen LogP contribution >= 0.6 is 0 Å². The fraction of sp³-hybridized carbons (Fsp3) is 0.409. The molecule has 0 radical (unpaired) electrons. The lowest BCUT2D eigenvalue weighted by Crippen LogP contribution is -2.49. The highest BCUT2D eigenvalue weighted by molar-refractivity contribution is 5.77. The number of amides is 1. The standard InChI is InChI=1S/C22H27NO6/c1-27-18-9-6-16(13-19(18)28-2)22-20(14-24)29-12-11-23(22)21(26)10-5-15-3-7-17(25)8-4-15/h3-4,6-9,13,20,22,24-25H,5,10-12,14H2,1-2H3. The number of benzene rings is 2. The van der Waals surface area contributed by atoms with E-state index >= 15 is 0 Å². The summed E-state index contributed by atoms with van der Waals surface area (Å²) in [5, 5.41) is 19.2. The van der Waals surface area contributed by atoms with Crippen molar-refractivity contribution in [2.45, 2.75) is 25.0 Å². The number of ether oxygens (including phenoxy) is 3. The van der Waals surface area contributed by atoms with Crippen molar-refractivity contribution >= 4 is 5.91 Å². The van der Waals surface area contributed by atoms with Crippen molar-refractivity contribution in [1.29, 1.82) is 0 Å². The Morgan fingerprint density at radius 3 is 2.52 bits per heavy atom. The molecule has 1 aliphatic heterocycles. The second kappa shape index (κ2) is 9.62. The van der Waals surface area contributed by atoms with Crippen LogP contribution in [0.5, 0.6) is 17.2 Å². The fourth-order valence-corrected chi connectivity index (χ4v) is 3.65. The first-order chi connectivity index (χ1) is 14.1. The van der Waals surface area contributed by atoms with Crippen molar-refractivity contribution < 1.29 is 29.2 Å². The van der Waals surface area contributed by atoms with Crippen LogP contribution in [0.1, 0.15) is 23.6 Å². The summed E-state index contributed by atoms with van der Waals surface area (Å²) >= 11 is 0. The molecule has 2 aromatic carbocycles. The minimum absolute atomic E-state index is 0.0143. The number of aryl methyl sites for hydroxylation is 1. The largest absolute Gasteiger partial charge is 0.508 e. The first kappa shape index (κ1) is 21.0. The number of aliphatic hydroxyl groups is 1. The maximum atomic E-state index is 13.0. The number of hydrogen-bond acceptors (Lipinski definition) is 6. The molecular weight excluding hydrogens is 374 g/mol. The van der Waals surface area contributed by atoms with Gasteiger partial charge in [-0.1, -0.05) is 18.2 Å². The highest BCUT2D eigenvalue weighted by Gasteiger charge is 2.36. The van der Waals surface area contributed by atoms with Gasteiger partial charge in [-0.05, 0) is 41.8 Å². The molecule has 1 amide bonds. The predicted octanol–water partition coefficient (Wildman–Crippen LogP) is 2.30. The van der Waals surface area contributed by atoms with Gasteiger partial charge in [0.25, 0.3) is 0 Å². The van der Waals surface area contributed by atoms with E-state index in [1.807, 2.05) is 24.3 Å². The predicted molar refractivity (Wildman–Crippen MR) is 107 cm³/mol. The second-order valence-electron chi connectivity index (χ2n) is 6.90. The summed E-state index contributed by atoms with van der Waals surface area (Å²) in [7, 11) is 3.13. The molecule has 0 aromatic heterocycles. The molecule has 156 valence electrons. The molecule has 1 saturated heterocycles. The molecule has 3 rings (SSSR count). The van der Waals surface area contributed by atoms with E-state index in [0.717, 1.165) is 11.1 Å². The average Bonchev–Trinajstić information content (AvgIpc) is 2.77. The minimum Gasteiger partial charge on any atom is -0.508 e. The zero-order chi connectivity index (χ0) is 20.8. The van der Waals surface area contributed by atoms with Crippen LogP contribution in [0.4, 0.5) is 0 Å². The van der Waals surface area contributed by atoms with Crippen LogP contribution in [-0.2, 0) is 16.0 Å². The molecule has 0 saturated carbocycles. The lowest BCUT2D eigenvalue weighted by atomic mass is 9.97. The van der Waals surface area contributed by atoms with Crippen LogP contribution in [0.25, 0.3) is 0 Å². The Hall–Kier alpha value is -2.77. The van der Waals surface area contributed by atoms with Gasteiger partial charge in [-0.2, -0.15) is 0 Å². The molecular formula is C22H27NO6. The molecule has 2 atom stereocenters. The van der Waals surface area contributed by atoms with Crippen molar-refractivity contribution in [2.24, 2.45) is 0 Å². The number of hydrogen-bond donors (Lipinski definition) is 2. The molecule has 7 heteroatoms. The van der Waals surface area contributed by atoms with Gasteiger partial charge >= 0.3 is 0 Å². The quantitative estimate of drug-likeness (QED) is 0.740. The monoisotopic (exact) mass is 401 g/mol. The second-order valence-corrected chi connectivity index (χ2v) is 6.90. The van der Waals surface area contributed by atoms with Gasteiger partial charge in [0, 0.05) is 13.0 Å². The molecule has 1 heterocycles. The summed E-state index contributed by atoms with van der Waals surface area (Å²) in [6.07, 6.45) is 0.380. The molecule has 0 spiro atoms. The smallest absolute Gasteiger partial charge is 0.223 e. The van der Waals surface area contributed by atoms with Crippen LogP contribution < -0.4 is 9.47 Å². The van der Waals surface area contributed by atoms with Gasteiger partial charge in [-0.3, -0.25) is 4.79 Å². The topological polar surface area (TPSA) is 88.5 Å². The first-order valence-electron chi connectivity index (χ1n) is 9.59. The van der Waals surface area contributed by atoms with Gasteiger partial charge in [-0.25, -0.2) is 0 Å². The SMILES string of the molecule is COc1ccc(C2C(CO)OCCN2C(=O)CCc2ccc(O)cc2)cc1OC. The van der Waals surface area contributed by atoms with E-state index in [1.165, 1.54) is 0 Å². The zero-order valence-electron chi connectivity index (χ0n) is 16.7. The number of carbonyl (C=O) groups excluding carboxylic acids is 1. The Bertz CT molecular complexity index is 823. The third kappa shape index (κ3) is 4.81. The number of aliphatic hydroxyl groups excluding tert-OH is 1. The van der Waals surface area contributed by atoms with E-state index < -0.39 is 12.1 Å². The number of phenolic OH excluding ortho intramolecular Hbond substituents is 1. The summed E-state index contributed by atoms with van der Waals surface area (Å²) in [6, 6.07) is 11.9. The van der Waals surface area contributed by atoms with E-state index in [2.05, 4.69) is 0 Å². The third-order valence-electron chi connectivity index (χ3n) is 5.17. The fourth-order valence-electron chi connectivity index (χ4n) is 3.65. The van der Waals surface area contributed by atoms with Crippen molar-refractivity contribution in [3.05, 3.63) is 53.6 Å². The molecule has 29 heavy (non-hydrogen) atoms. The summed E-state index contributed by atoms with van der Waals surface area (Å²) in [5.74, 6) is 1.34. The lowest BCUT2D eigenvalue weighted by Gasteiger charge is -2.41. The Labute approximate surface area is 170 Å². The summed E-state index contributed by atoms with van der Waals surface area (Å²) in [6.45, 7) is 0.630.